The Bertz CT molecular complexity index is 1930. The molecule has 1 amide bonds. The number of hydrogen-bond donors (Lipinski definition) is 0. The van der Waals surface area contributed by atoms with Crippen molar-refractivity contribution in [3.63, 3.8) is 0 Å². The number of methoxy groups -OCH3 is 3. The second-order valence-electron chi connectivity index (χ2n) is 12.4. The van der Waals surface area contributed by atoms with Crippen molar-refractivity contribution in [2.24, 2.45) is 7.05 Å². The Morgan fingerprint density at radius 3 is 2.47 bits per heavy atom. The predicted octanol–water partition coefficient (Wildman–Crippen LogP) is 6.16. The van der Waals surface area contributed by atoms with Gasteiger partial charge in [0, 0.05) is 74.9 Å². The first-order valence-corrected chi connectivity index (χ1v) is 16.2. The number of ketones is 1. The maximum absolute atomic E-state index is 13.6. The Morgan fingerprint density at radius 2 is 1.77 bits per heavy atom. The van der Waals surface area contributed by atoms with E-state index >= 15 is 0 Å². The summed E-state index contributed by atoms with van der Waals surface area (Å²) in [5.41, 5.74) is 5.96. The number of amides is 1. The molecule has 2 aromatic carbocycles. The van der Waals surface area contributed by atoms with Crippen LogP contribution in [-0.4, -0.2) is 76.0 Å². The van der Waals surface area contributed by atoms with Gasteiger partial charge < -0.3 is 23.7 Å². The molecule has 0 aliphatic heterocycles. The minimum absolute atomic E-state index is 0.00673. The SMILES string of the molecule is COCCN(C(C)=O)C1CCC(c2nc(-c3ccc(CC(=O)c4cc5c(OC)cccc5n4C)c(OC)c3)c3c(C)nccn23)CC1. The summed E-state index contributed by atoms with van der Waals surface area (Å²) in [7, 11) is 6.84. The van der Waals surface area contributed by atoms with E-state index in [1.54, 1.807) is 28.3 Å². The molecule has 1 aliphatic carbocycles. The number of hydrogen-bond acceptors (Lipinski definition) is 7. The minimum Gasteiger partial charge on any atom is -0.496 e. The Labute approximate surface area is 275 Å². The van der Waals surface area contributed by atoms with Crippen molar-refractivity contribution in [1.29, 1.82) is 0 Å². The van der Waals surface area contributed by atoms with Crippen molar-refractivity contribution >= 4 is 28.1 Å². The summed E-state index contributed by atoms with van der Waals surface area (Å²) < 4.78 is 20.7. The maximum atomic E-state index is 13.6. The Kier molecular flexibility index (Phi) is 9.31. The van der Waals surface area contributed by atoms with E-state index in [0.29, 0.717) is 24.6 Å². The van der Waals surface area contributed by atoms with E-state index in [1.165, 1.54) is 0 Å². The molecule has 3 aromatic heterocycles. The van der Waals surface area contributed by atoms with Crippen molar-refractivity contribution in [2.45, 2.75) is 57.9 Å². The van der Waals surface area contributed by atoms with Crippen LogP contribution >= 0.6 is 0 Å². The second-order valence-corrected chi connectivity index (χ2v) is 12.4. The highest BCUT2D eigenvalue weighted by Crippen LogP contribution is 2.39. The predicted molar refractivity (Wildman–Crippen MR) is 181 cm³/mol. The summed E-state index contributed by atoms with van der Waals surface area (Å²) in [4.78, 5) is 37.8. The van der Waals surface area contributed by atoms with Gasteiger partial charge in [-0.1, -0.05) is 18.2 Å². The van der Waals surface area contributed by atoms with Gasteiger partial charge in [0.05, 0.1) is 48.9 Å². The van der Waals surface area contributed by atoms with Gasteiger partial charge in [0.2, 0.25) is 5.91 Å². The Morgan fingerprint density at radius 1 is 1.00 bits per heavy atom. The molecule has 47 heavy (non-hydrogen) atoms. The van der Waals surface area contributed by atoms with Gasteiger partial charge in [0.25, 0.3) is 0 Å². The van der Waals surface area contributed by atoms with Crippen LogP contribution in [0.15, 0.2) is 54.9 Å². The third kappa shape index (κ3) is 6.10. The van der Waals surface area contributed by atoms with Crippen LogP contribution < -0.4 is 9.47 Å². The highest BCUT2D eigenvalue weighted by atomic mass is 16.5. The summed E-state index contributed by atoms with van der Waals surface area (Å²) >= 11 is 0. The van der Waals surface area contributed by atoms with Gasteiger partial charge in [-0.05, 0) is 56.9 Å². The normalized spacial score (nSPS) is 16.5. The number of fused-ring (bicyclic) bond motifs is 2. The van der Waals surface area contributed by atoms with E-state index in [9.17, 15) is 9.59 Å². The van der Waals surface area contributed by atoms with E-state index < -0.39 is 0 Å². The average molecular weight is 638 g/mol. The van der Waals surface area contributed by atoms with Gasteiger partial charge in [0.1, 0.15) is 17.3 Å². The summed E-state index contributed by atoms with van der Waals surface area (Å²) in [6.07, 6.45) is 7.71. The summed E-state index contributed by atoms with van der Waals surface area (Å²) in [6, 6.07) is 13.9. The minimum atomic E-state index is -0.00673. The molecule has 3 heterocycles. The summed E-state index contributed by atoms with van der Waals surface area (Å²) in [5, 5.41) is 0.908. The molecule has 1 saturated carbocycles. The van der Waals surface area contributed by atoms with E-state index in [2.05, 4.69) is 9.38 Å². The van der Waals surface area contributed by atoms with Crippen molar-refractivity contribution in [3.05, 3.63) is 77.6 Å². The molecular formula is C37H43N5O5. The van der Waals surface area contributed by atoms with Gasteiger partial charge in [0.15, 0.2) is 5.78 Å². The Hall–Kier alpha value is -4.70. The molecule has 0 spiro atoms. The number of aryl methyl sites for hydroxylation is 2. The topological polar surface area (TPSA) is 100 Å². The monoisotopic (exact) mass is 637 g/mol. The number of ether oxygens (including phenoxy) is 3. The number of nitrogens with zero attached hydrogens (tertiary/aromatic N) is 5. The molecule has 0 N–H and O–H groups in total. The molecule has 1 fully saturated rings. The van der Waals surface area contributed by atoms with E-state index in [-0.39, 0.29) is 30.1 Å². The molecular weight excluding hydrogens is 594 g/mol. The quantitative estimate of drug-likeness (QED) is 0.160. The first-order chi connectivity index (χ1) is 22.7. The average Bonchev–Trinajstić information content (AvgIpc) is 3.64. The number of rotatable bonds is 11. The van der Waals surface area contributed by atoms with Crippen LogP contribution in [0.4, 0.5) is 0 Å². The molecule has 0 unspecified atom stereocenters. The van der Waals surface area contributed by atoms with Gasteiger partial charge in [-0.25, -0.2) is 4.98 Å². The fourth-order valence-electron chi connectivity index (χ4n) is 7.22. The second kappa shape index (κ2) is 13.6. The number of imidazole rings is 1. The molecule has 10 heteroatoms. The lowest BCUT2D eigenvalue weighted by atomic mass is 9.84. The lowest BCUT2D eigenvalue weighted by Crippen LogP contribution is -2.42. The summed E-state index contributed by atoms with van der Waals surface area (Å²) in [6.45, 7) is 4.80. The van der Waals surface area contributed by atoms with Crippen molar-refractivity contribution in [3.8, 4) is 22.8 Å². The van der Waals surface area contributed by atoms with Gasteiger partial charge >= 0.3 is 0 Å². The molecule has 0 atom stereocenters. The van der Waals surface area contributed by atoms with Crippen molar-refractivity contribution < 1.29 is 23.8 Å². The first-order valence-electron chi connectivity index (χ1n) is 16.2. The largest absolute Gasteiger partial charge is 0.496 e. The Balaban J connectivity index is 1.28. The fraction of sp³-hybridized carbons (Fsp3) is 0.405. The summed E-state index contributed by atoms with van der Waals surface area (Å²) in [5.74, 6) is 2.73. The lowest BCUT2D eigenvalue weighted by Gasteiger charge is -2.36. The maximum Gasteiger partial charge on any atom is 0.219 e. The van der Waals surface area contributed by atoms with Gasteiger partial charge in [-0.3, -0.25) is 19.0 Å². The van der Waals surface area contributed by atoms with Crippen LogP contribution in [0, 0.1) is 6.92 Å². The van der Waals surface area contributed by atoms with Crippen LogP contribution in [-0.2, 0) is 23.0 Å². The number of benzene rings is 2. The molecule has 5 aromatic rings. The molecule has 0 saturated heterocycles. The smallest absolute Gasteiger partial charge is 0.219 e. The van der Waals surface area contributed by atoms with Crippen molar-refractivity contribution in [2.75, 3.05) is 34.5 Å². The molecule has 246 valence electrons. The zero-order valence-electron chi connectivity index (χ0n) is 28.1. The van der Waals surface area contributed by atoms with Gasteiger partial charge in [-0.15, -0.1) is 0 Å². The number of carbonyl (C=O) groups is 2. The first kappa shape index (κ1) is 32.2. The van der Waals surface area contributed by atoms with Gasteiger partial charge in [-0.2, -0.15) is 0 Å². The van der Waals surface area contributed by atoms with Crippen LogP contribution in [0.3, 0.4) is 0 Å². The fourth-order valence-corrected chi connectivity index (χ4v) is 7.22. The molecule has 1 aliphatic rings. The number of Topliss-reactive ketones (excluding diaryl/α,β-unsaturated/α-hetero) is 1. The zero-order valence-corrected chi connectivity index (χ0v) is 28.1. The highest BCUT2D eigenvalue weighted by molar-refractivity contribution is 6.02. The van der Waals surface area contributed by atoms with E-state index in [1.807, 2.05) is 78.3 Å². The van der Waals surface area contributed by atoms with Crippen LogP contribution in [0.1, 0.15) is 66.1 Å². The number of carbonyl (C=O) groups excluding carboxylic acids is 2. The third-order valence-electron chi connectivity index (χ3n) is 9.67. The van der Waals surface area contributed by atoms with E-state index in [4.69, 9.17) is 19.2 Å². The highest BCUT2D eigenvalue weighted by Gasteiger charge is 2.31. The molecule has 0 radical (unpaired) electrons. The lowest BCUT2D eigenvalue weighted by molar-refractivity contribution is -0.132. The van der Waals surface area contributed by atoms with Crippen molar-refractivity contribution in [1.82, 2.24) is 23.8 Å². The van der Waals surface area contributed by atoms with Crippen LogP contribution in [0.2, 0.25) is 0 Å². The molecule has 0 bridgehead atoms. The molecule has 6 rings (SSSR count). The third-order valence-corrected chi connectivity index (χ3v) is 9.67. The standard InChI is InChI=1S/C37H43N5O5/c1-23-36-35(39-37(42(36)17-16-38-23)25-12-14-28(15-13-25)41(24(2)43)18-19-45-4)27-11-10-26(34(21-27)47-6)20-32(44)31-22-29-30(40(31)3)8-7-9-33(29)46-5/h7-11,16-17,21-22,25,28H,12-15,18-20H2,1-6H3. The van der Waals surface area contributed by atoms with E-state index in [0.717, 1.165) is 76.2 Å². The number of aromatic nitrogens is 4. The molecule has 10 nitrogen and oxygen atoms in total. The van der Waals surface area contributed by atoms with Crippen LogP contribution in [0.25, 0.3) is 27.7 Å². The van der Waals surface area contributed by atoms with Crippen LogP contribution in [0.5, 0.6) is 11.5 Å². The zero-order chi connectivity index (χ0) is 33.2.